The minimum Gasteiger partial charge on any atom is -0.356 e. The van der Waals surface area contributed by atoms with Crippen LogP contribution in [0.25, 0.3) is 0 Å². The Morgan fingerprint density at radius 2 is 2.39 bits per heavy atom. The largest absolute Gasteiger partial charge is 0.356 e. The van der Waals surface area contributed by atoms with E-state index in [9.17, 15) is 0 Å². The van der Waals surface area contributed by atoms with Crippen LogP contribution < -0.4 is 10.6 Å². The van der Waals surface area contributed by atoms with E-state index in [2.05, 4.69) is 39.8 Å². The molecule has 1 aromatic rings. The molecule has 18 heavy (non-hydrogen) atoms. The molecule has 0 aromatic carbocycles. The third-order valence-corrected chi connectivity index (χ3v) is 4.27. The molecule has 5 heteroatoms. The van der Waals surface area contributed by atoms with Gasteiger partial charge in [-0.3, -0.25) is 4.99 Å². The molecule has 0 radical (unpaired) electrons. The van der Waals surface area contributed by atoms with Crippen LogP contribution in [0.2, 0.25) is 0 Å². The molecule has 1 fully saturated rings. The first kappa shape index (κ1) is 13.3. The third kappa shape index (κ3) is 3.70. The van der Waals surface area contributed by atoms with E-state index in [1.165, 1.54) is 17.1 Å². The molecule has 0 aliphatic heterocycles. The number of thiazole rings is 1. The summed E-state index contributed by atoms with van der Waals surface area (Å²) in [5, 5.41) is 10.1. The first-order chi connectivity index (χ1) is 8.72. The highest BCUT2D eigenvalue weighted by atomic mass is 32.1. The van der Waals surface area contributed by atoms with Crippen molar-refractivity contribution in [1.29, 1.82) is 0 Å². The molecule has 0 bridgehead atoms. The van der Waals surface area contributed by atoms with E-state index in [-0.39, 0.29) is 0 Å². The van der Waals surface area contributed by atoms with Crippen molar-refractivity contribution in [2.24, 2.45) is 10.9 Å². The van der Waals surface area contributed by atoms with E-state index < -0.39 is 0 Å². The maximum atomic E-state index is 4.55. The van der Waals surface area contributed by atoms with E-state index in [0.717, 1.165) is 31.3 Å². The van der Waals surface area contributed by atoms with Crippen LogP contribution in [0.1, 0.15) is 31.0 Å². The molecule has 0 spiro atoms. The monoisotopic (exact) mass is 266 g/mol. The molecule has 1 aromatic heterocycles. The van der Waals surface area contributed by atoms with Crippen LogP contribution in [-0.2, 0) is 12.8 Å². The molecule has 1 saturated carbocycles. The Hall–Kier alpha value is -1.10. The molecular formula is C13H22N4S. The first-order valence-electron chi connectivity index (χ1n) is 6.63. The Balaban J connectivity index is 1.70. The predicted molar refractivity (Wildman–Crippen MR) is 77.3 cm³/mol. The van der Waals surface area contributed by atoms with Gasteiger partial charge >= 0.3 is 0 Å². The van der Waals surface area contributed by atoms with E-state index >= 15 is 0 Å². The Morgan fingerprint density at radius 1 is 1.61 bits per heavy atom. The standard InChI is InChI=1S/C13H22N4S/c1-4-12-16-10(8-18-12)5-6-15-13(14-3)17-11-7-9(11)2/h8-9,11H,4-7H2,1-3H3,(H2,14,15,17). The molecule has 2 atom stereocenters. The molecule has 0 saturated heterocycles. The molecule has 100 valence electrons. The molecule has 4 nitrogen and oxygen atoms in total. The van der Waals surface area contributed by atoms with Crippen molar-refractivity contribution in [2.45, 2.75) is 39.2 Å². The summed E-state index contributed by atoms with van der Waals surface area (Å²) in [4.78, 5) is 8.79. The lowest BCUT2D eigenvalue weighted by Gasteiger charge is -2.10. The van der Waals surface area contributed by atoms with Gasteiger partial charge < -0.3 is 10.6 Å². The van der Waals surface area contributed by atoms with Crippen LogP contribution in [-0.4, -0.2) is 30.6 Å². The second-order valence-corrected chi connectivity index (χ2v) is 5.74. The zero-order valence-electron chi connectivity index (χ0n) is 11.4. The van der Waals surface area contributed by atoms with Gasteiger partial charge in [-0.25, -0.2) is 4.98 Å². The fraction of sp³-hybridized carbons (Fsp3) is 0.692. The van der Waals surface area contributed by atoms with Crippen LogP contribution in [0.3, 0.4) is 0 Å². The lowest BCUT2D eigenvalue weighted by atomic mass is 10.3. The number of rotatable bonds is 5. The number of hydrogen-bond donors (Lipinski definition) is 2. The summed E-state index contributed by atoms with van der Waals surface area (Å²) >= 11 is 1.75. The number of aliphatic imine (C=N–C) groups is 1. The van der Waals surface area contributed by atoms with Gasteiger partial charge in [0.25, 0.3) is 0 Å². The van der Waals surface area contributed by atoms with Crippen molar-refractivity contribution in [1.82, 2.24) is 15.6 Å². The quantitative estimate of drug-likeness (QED) is 0.631. The molecule has 2 unspecified atom stereocenters. The van der Waals surface area contributed by atoms with Gasteiger partial charge in [-0.2, -0.15) is 0 Å². The van der Waals surface area contributed by atoms with Crippen molar-refractivity contribution in [3.8, 4) is 0 Å². The zero-order chi connectivity index (χ0) is 13.0. The van der Waals surface area contributed by atoms with Gasteiger partial charge in [0.15, 0.2) is 5.96 Å². The Bertz CT molecular complexity index is 413. The summed E-state index contributed by atoms with van der Waals surface area (Å²) in [6.45, 7) is 5.28. The predicted octanol–water partition coefficient (Wildman–Crippen LogP) is 1.82. The number of aryl methyl sites for hydroxylation is 1. The number of aromatic nitrogens is 1. The van der Waals surface area contributed by atoms with Gasteiger partial charge in [0, 0.05) is 31.4 Å². The molecule has 2 rings (SSSR count). The van der Waals surface area contributed by atoms with Crippen molar-refractivity contribution in [2.75, 3.05) is 13.6 Å². The Labute approximate surface area is 113 Å². The summed E-state index contributed by atoms with van der Waals surface area (Å²) in [7, 11) is 1.82. The van der Waals surface area contributed by atoms with Crippen molar-refractivity contribution in [3.05, 3.63) is 16.1 Å². The minimum absolute atomic E-state index is 0.613. The summed E-state index contributed by atoms with van der Waals surface area (Å²) in [6, 6.07) is 0.613. The van der Waals surface area contributed by atoms with Gasteiger partial charge in [0.1, 0.15) is 0 Å². The fourth-order valence-electron chi connectivity index (χ4n) is 1.83. The van der Waals surface area contributed by atoms with E-state index in [1.807, 2.05) is 7.05 Å². The van der Waals surface area contributed by atoms with Gasteiger partial charge in [-0.15, -0.1) is 11.3 Å². The normalized spacial score (nSPS) is 22.9. The number of nitrogens with zero attached hydrogens (tertiary/aromatic N) is 2. The highest BCUT2D eigenvalue weighted by Crippen LogP contribution is 2.28. The number of guanidine groups is 1. The maximum Gasteiger partial charge on any atom is 0.191 e. The van der Waals surface area contributed by atoms with Crippen LogP contribution in [0, 0.1) is 5.92 Å². The molecule has 1 aliphatic carbocycles. The molecule has 2 N–H and O–H groups in total. The summed E-state index contributed by atoms with van der Waals surface area (Å²) in [5.74, 6) is 1.70. The fourth-order valence-corrected chi connectivity index (χ4v) is 2.61. The van der Waals surface area contributed by atoms with E-state index in [0.29, 0.717) is 6.04 Å². The average Bonchev–Trinajstić information content (AvgIpc) is 2.90. The highest BCUT2D eigenvalue weighted by Gasteiger charge is 2.33. The smallest absolute Gasteiger partial charge is 0.191 e. The Morgan fingerprint density at radius 3 is 2.94 bits per heavy atom. The number of hydrogen-bond acceptors (Lipinski definition) is 3. The highest BCUT2D eigenvalue weighted by molar-refractivity contribution is 7.09. The first-order valence-corrected chi connectivity index (χ1v) is 7.51. The van der Waals surface area contributed by atoms with Crippen molar-refractivity contribution in [3.63, 3.8) is 0 Å². The SMILES string of the molecule is CCc1nc(CCNC(=NC)NC2CC2C)cs1. The van der Waals surface area contributed by atoms with Crippen LogP contribution >= 0.6 is 11.3 Å². The van der Waals surface area contributed by atoms with E-state index in [4.69, 9.17) is 0 Å². The maximum absolute atomic E-state index is 4.55. The molecular weight excluding hydrogens is 244 g/mol. The van der Waals surface area contributed by atoms with Crippen LogP contribution in [0.5, 0.6) is 0 Å². The van der Waals surface area contributed by atoms with Crippen LogP contribution in [0.4, 0.5) is 0 Å². The molecule has 1 heterocycles. The van der Waals surface area contributed by atoms with Gasteiger partial charge in [0.2, 0.25) is 0 Å². The van der Waals surface area contributed by atoms with Gasteiger partial charge in [0.05, 0.1) is 10.7 Å². The Kier molecular flexibility index (Phi) is 4.58. The van der Waals surface area contributed by atoms with Crippen molar-refractivity contribution >= 4 is 17.3 Å². The molecule has 1 aliphatic rings. The third-order valence-electron chi connectivity index (χ3n) is 3.23. The van der Waals surface area contributed by atoms with Crippen molar-refractivity contribution < 1.29 is 0 Å². The zero-order valence-corrected chi connectivity index (χ0v) is 12.2. The lowest BCUT2D eigenvalue weighted by Crippen LogP contribution is -2.39. The minimum atomic E-state index is 0.613. The number of nitrogens with one attached hydrogen (secondary N) is 2. The summed E-state index contributed by atoms with van der Waals surface area (Å²) in [5.41, 5.74) is 1.18. The summed E-state index contributed by atoms with van der Waals surface area (Å²) < 4.78 is 0. The van der Waals surface area contributed by atoms with Crippen LogP contribution in [0.15, 0.2) is 10.4 Å². The topological polar surface area (TPSA) is 49.3 Å². The average molecular weight is 266 g/mol. The lowest BCUT2D eigenvalue weighted by molar-refractivity contribution is 0.753. The summed E-state index contributed by atoms with van der Waals surface area (Å²) in [6.07, 6.45) is 3.24. The second kappa shape index (κ2) is 6.18. The van der Waals surface area contributed by atoms with E-state index in [1.54, 1.807) is 11.3 Å². The van der Waals surface area contributed by atoms with Gasteiger partial charge in [-0.1, -0.05) is 13.8 Å². The second-order valence-electron chi connectivity index (χ2n) is 4.80. The van der Waals surface area contributed by atoms with Gasteiger partial charge in [-0.05, 0) is 18.8 Å². The molecule has 0 amide bonds.